The second-order valence-electron chi connectivity index (χ2n) is 13.7. The Balaban J connectivity index is 2.30. The zero-order valence-corrected chi connectivity index (χ0v) is 32.6. The topological polar surface area (TPSA) is 91.7 Å². The second-order valence-corrected chi connectivity index (χ2v) is 28.9. The van der Waals surface area contributed by atoms with Crippen LogP contribution in [0.15, 0.2) is 11.0 Å². The summed E-state index contributed by atoms with van der Waals surface area (Å²) in [5.41, 5.74) is 3.83. The molecule has 1 amide bonds. The van der Waals surface area contributed by atoms with E-state index in [0.29, 0.717) is 13.0 Å². The highest BCUT2D eigenvalue weighted by Crippen LogP contribution is 2.56. The summed E-state index contributed by atoms with van der Waals surface area (Å²) in [6, 6.07) is 3.16. The first-order valence-electron chi connectivity index (χ1n) is 16.3. The van der Waals surface area contributed by atoms with Crippen molar-refractivity contribution >= 4 is 48.7 Å². The molecule has 0 spiro atoms. The van der Waals surface area contributed by atoms with Gasteiger partial charge in [0.05, 0.1) is 18.1 Å². The number of thioether (sulfide) groups is 1. The molecule has 2 saturated heterocycles. The summed E-state index contributed by atoms with van der Waals surface area (Å²) in [6.45, 7) is 25.8. The van der Waals surface area contributed by atoms with Gasteiger partial charge in [-0.2, -0.15) is 4.98 Å². The van der Waals surface area contributed by atoms with Crippen LogP contribution < -0.4 is 11.0 Å². The molecule has 1 aromatic heterocycles. The minimum Gasteiger partial charge on any atom is -0.414 e. The number of carbonyl (C=O) groups is 1. The molecule has 2 aliphatic rings. The van der Waals surface area contributed by atoms with Gasteiger partial charge in [-0.15, -0.1) is 17.3 Å². The van der Waals surface area contributed by atoms with Crippen molar-refractivity contribution in [2.45, 2.75) is 146 Å². The summed E-state index contributed by atoms with van der Waals surface area (Å²) in [5, 5.41) is 1.83. The van der Waals surface area contributed by atoms with Crippen molar-refractivity contribution < 1.29 is 22.2 Å². The molecule has 44 heavy (non-hydrogen) atoms. The molecule has 2 aliphatic heterocycles. The molecule has 0 saturated carbocycles. The van der Waals surface area contributed by atoms with Gasteiger partial charge in [-0.25, -0.2) is 9.18 Å². The van der Waals surface area contributed by atoms with E-state index in [9.17, 15) is 9.59 Å². The van der Waals surface area contributed by atoms with Gasteiger partial charge in [-0.1, -0.05) is 82.1 Å². The highest BCUT2D eigenvalue weighted by atomic mass is 32.2. The lowest BCUT2D eigenvalue weighted by Crippen LogP contribution is -2.66. The fourth-order valence-corrected chi connectivity index (χ4v) is 22.3. The van der Waals surface area contributed by atoms with Crippen LogP contribution in [0.25, 0.3) is 0 Å². The Hall–Kier alpha value is -1.28. The number of carbonyl (C=O) groups excluding carboxylic acids is 1. The SMILES string of the molecule is CC[Si](C#C[C@@]12CO[Si](C(C)C)(C(C)C)O[Si](C(C)C)(C(C)C)O[C@H]1CC(n1cc(F)c(NC(C)=O)nc1=O)S2)(CC)CC. The first kappa shape index (κ1) is 37.2. The summed E-state index contributed by atoms with van der Waals surface area (Å²) < 4.78 is 37.7. The molecule has 0 aromatic carbocycles. The lowest BCUT2D eigenvalue weighted by atomic mass is 10.0. The van der Waals surface area contributed by atoms with Crippen molar-refractivity contribution in [2.24, 2.45) is 0 Å². The Morgan fingerprint density at radius 1 is 1.09 bits per heavy atom. The van der Waals surface area contributed by atoms with Crippen LogP contribution in [-0.2, 0) is 17.8 Å². The summed E-state index contributed by atoms with van der Waals surface area (Å²) in [4.78, 5) is 28.8. The van der Waals surface area contributed by atoms with Crippen molar-refractivity contribution in [1.82, 2.24) is 9.55 Å². The molecule has 0 bridgehead atoms. The molecule has 0 aliphatic carbocycles. The largest absolute Gasteiger partial charge is 0.414 e. The molecule has 3 atom stereocenters. The number of aromatic nitrogens is 2. The average Bonchev–Trinajstić information content (AvgIpc) is 3.28. The maximum atomic E-state index is 15.2. The maximum absolute atomic E-state index is 15.2. The Kier molecular flexibility index (Phi) is 12.0. The standard InChI is InChI=1S/C31H54FN3O5SSi3/c1-13-42(14-2,15-3)17-16-31-20-38-43(21(4)5,22(6)7)40-44(23(8)9,24(10)11)39-27(31)18-28(41-31)35-19-26(32)29(33-25(12)36)34-30(35)37/h19,21-24,27-28H,13-15,18,20H2,1-12H3,(H,33,34,36,37)/t27-,28?,31+/m0/s1. The van der Waals surface area contributed by atoms with Gasteiger partial charge in [0.1, 0.15) is 12.8 Å². The summed E-state index contributed by atoms with van der Waals surface area (Å²) >= 11 is 1.54. The quantitative estimate of drug-likeness (QED) is 0.211. The fourth-order valence-electron chi connectivity index (χ4n) is 6.64. The lowest BCUT2D eigenvalue weighted by molar-refractivity contribution is -0.114. The highest BCUT2D eigenvalue weighted by Gasteiger charge is 2.63. The monoisotopic (exact) mass is 683 g/mol. The normalized spacial score (nSPS) is 25.0. The van der Waals surface area contributed by atoms with E-state index in [4.69, 9.17) is 13.0 Å². The molecule has 1 unspecified atom stereocenters. The van der Waals surface area contributed by atoms with E-state index in [1.165, 1.54) is 23.3 Å². The number of rotatable bonds is 9. The summed E-state index contributed by atoms with van der Waals surface area (Å²) in [6.07, 6.45) is 1.18. The van der Waals surface area contributed by atoms with Gasteiger partial charge in [0, 0.05) is 19.5 Å². The third-order valence-electron chi connectivity index (χ3n) is 9.74. The first-order chi connectivity index (χ1) is 20.5. The molecular formula is C31H54FN3O5SSi3. The van der Waals surface area contributed by atoms with Gasteiger partial charge < -0.3 is 18.3 Å². The van der Waals surface area contributed by atoms with Gasteiger partial charge in [0.15, 0.2) is 11.6 Å². The smallest absolute Gasteiger partial charge is 0.350 e. The van der Waals surface area contributed by atoms with E-state index < -0.39 is 58.8 Å². The minimum atomic E-state index is -2.95. The van der Waals surface area contributed by atoms with Gasteiger partial charge in [0.2, 0.25) is 5.91 Å². The van der Waals surface area contributed by atoms with Crippen LogP contribution in [0.1, 0.15) is 94.9 Å². The van der Waals surface area contributed by atoms with E-state index in [2.05, 4.69) is 97.9 Å². The number of hydrogen-bond donors (Lipinski definition) is 1. The number of hydrogen-bond acceptors (Lipinski definition) is 7. The Labute approximate surface area is 271 Å². The predicted octanol–water partition coefficient (Wildman–Crippen LogP) is 7.72. The van der Waals surface area contributed by atoms with Crippen molar-refractivity contribution in [3.05, 3.63) is 22.5 Å². The van der Waals surface area contributed by atoms with E-state index in [-0.39, 0.29) is 28.0 Å². The van der Waals surface area contributed by atoms with Gasteiger partial charge >= 0.3 is 22.8 Å². The zero-order valence-electron chi connectivity index (χ0n) is 28.8. The molecule has 13 heteroatoms. The molecular weight excluding hydrogens is 630 g/mol. The van der Waals surface area contributed by atoms with Crippen molar-refractivity contribution in [2.75, 3.05) is 11.9 Å². The molecule has 248 valence electrons. The Bertz CT molecular complexity index is 1290. The zero-order chi connectivity index (χ0) is 33.3. The van der Waals surface area contributed by atoms with Crippen LogP contribution in [0.5, 0.6) is 0 Å². The Morgan fingerprint density at radius 2 is 1.64 bits per heavy atom. The van der Waals surface area contributed by atoms with Gasteiger partial charge in [0.25, 0.3) is 0 Å². The van der Waals surface area contributed by atoms with Crippen LogP contribution in [0.4, 0.5) is 10.2 Å². The van der Waals surface area contributed by atoms with Crippen molar-refractivity contribution in [3.63, 3.8) is 0 Å². The van der Waals surface area contributed by atoms with Crippen LogP contribution >= 0.6 is 11.8 Å². The van der Waals surface area contributed by atoms with E-state index >= 15 is 4.39 Å². The third-order valence-corrected chi connectivity index (χ3v) is 26.3. The number of anilines is 1. The number of nitrogens with one attached hydrogen (secondary N) is 1. The minimum absolute atomic E-state index is 0.137. The number of halogens is 1. The second kappa shape index (κ2) is 14.2. The lowest BCUT2D eigenvalue weighted by Gasteiger charge is -2.52. The van der Waals surface area contributed by atoms with E-state index in [1.807, 2.05) is 0 Å². The fraction of sp³-hybridized carbons (Fsp3) is 0.774. The molecule has 0 radical (unpaired) electrons. The molecule has 3 rings (SSSR count). The number of fused-ring (bicyclic) bond motifs is 1. The molecule has 2 fully saturated rings. The highest BCUT2D eigenvalue weighted by molar-refractivity contribution is 8.01. The average molecular weight is 684 g/mol. The van der Waals surface area contributed by atoms with Crippen molar-refractivity contribution in [1.29, 1.82) is 0 Å². The Morgan fingerprint density at radius 3 is 2.11 bits per heavy atom. The number of nitrogens with zero attached hydrogens (tertiary/aromatic N) is 2. The van der Waals surface area contributed by atoms with Crippen LogP contribution in [-0.4, -0.2) is 58.1 Å². The number of amides is 1. The van der Waals surface area contributed by atoms with E-state index in [1.54, 1.807) is 0 Å². The van der Waals surface area contributed by atoms with Crippen molar-refractivity contribution in [3.8, 4) is 11.5 Å². The van der Waals surface area contributed by atoms with Crippen LogP contribution in [0, 0.1) is 17.3 Å². The molecule has 1 N–H and O–H groups in total. The first-order valence-corrected chi connectivity index (χ1v) is 23.7. The predicted molar refractivity (Wildman–Crippen MR) is 186 cm³/mol. The third kappa shape index (κ3) is 7.01. The summed E-state index contributed by atoms with van der Waals surface area (Å²) in [5.74, 6) is 2.16. The summed E-state index contributed by atoms with van der Waals surface area (Å²) in [7, 11) is -7.67. The van der Waals surface area contributed by atoms with E-state index in [0.717, 1.165) is 24.3 Å². The molecule has 1 aromatic rings. The van der Waals surface area contributed by atoms with Crippen LogP contribution in [0.2, 0.25) is 40.3 Å². The molecule has 3 heterocycles. The van der Waals surface area contributed by atoms with Crippen LogP contribution in [0.3, 0.4) is 0 Å². The van der Waals surface area contributed by atoms with Gasteiger partial charge in [-0.05, 0) is 40.3 Å². The molecule has 8 nitrogen and oxygen atoms in total. The maximum Gasteiger partial charge on any atom is 0.350 e. The van der Waals surface area contributed by atoms with Gasteiger partial charge in [-0.3, -0.25) is 9.36 Å².